The molecule has 0 aromatic rings. The number of hydrogen-bond donors (Lipinski definition) is 1. The average Bonchev–Trinajstić information content (AvgIpc) is 2.19. The Balaban J connectivity index is 0. The molecule has 0 unspecified atom stereocenters. The molecule has 0 aromatic heterocycles. The Morgan fingerprint density at radius 2 is 1.88 bits per heavy atom. The number of halogens is 4. The summed E-state index contributed by atoms with van der Waals surface area (Å²) in [6, 6.07) is 0. The molecule has 0 spiro atoms. The zero-order valence-electron chi connectivity index (χ0n) is 9.92. The minimum absolute atomic E-state index is 0. The van der Waals surface area contributed by atoms with Crippen molar-refractivity contribution < 1.29 is 18.0 Å². The number of carbonyl (C=O) groups excluding carboxylic acids is 1. The standard InChI is InChI=1S/C10H19F3N2O.ClH/c1-2-3-7-15(8-10(11,12)13)9(16)5-4-6-14;/h2-8,14H2,1H3;1H. The Bertz CT molecular complexity index is 212. The van der Waals surface area contributed by atoms with Crippen LogP contribution in [0.25, 0.3) is 0 Å². The van der Waals surface area contributed by atoms with Gasteiger partial charge in [0.15, 0.2) is 0 Å². The molecule has 0 atom stereocenters. The summed E-state index contributed by atoms with van der Waals surface area (Å²) in [4.78, 5) is 12.3. The Labute approximate surface area is 106 Å². The van der Waals surface area contributed by atoms with Crippen molar-refractivity contribution in [1.29, 1.82) is 0 Å². The highest BCUT2D eigenvalue weighted by Gasteiger charge is 2.32. The Hall–Kier alpha value is -0.490. The molecule has 3 nitrogen and oxygen atoms in total. The summed E-state index contributed by atoms with van der Waals surface area (Å²) in [6.45, 7) is 1.20. The van der Waals surface area contributed by atoms with E-state index < -0.39 is 18.6 Å². The molecule has 1 amide bonds. The normalized spacial score (nSPS) is 10.9. The van der Waals surface area contributed by atoms with Crippen molar-refractivity contribution in [1.82, 2.24) is 4.90 Å². The summed E-state index contributed by atoms with van der Waals surface area (Å²) in [6.07, 6.45) is -2.45. The van der Waals surface area contributed by atoms with Crippen LogP contribution in [0, 0.1) is 0 Å². The molecule has 17 heavy (non-hydrogen) atoms. The number of carbonyl (C=O) groups is 1. The molecule has 0 fully saturated rings. The van der Waals surface area contributed by atoms with Crippen LogP contribution in [0.5, 0.6) is 0 Å². The highest BCUT2D eigenvalue weighted by Crippen LogP contribution is 2.17. The van der Waals surface area contributed by atoms with Crippen LogP contribution in [-0.2, 0) is 4.79 Å². The smallest absolute Gasteiger partial charge is 0.334 e. The topological polar surface area (TPSA) is 46.3 Å². The lowest BCUT2D eigenvalue weighted by Crippen LogP contribution is -2.39. The summed E-state index contributed by atoms with van der Waals surface area (Å²) in [5, 5.41) is 0. The molecular formula is C10H20ClF3N2O. The molecule has 0 saturated carbocycles. The van der Waals surface area contributed by atoms with Crippen molar-refractivity contribution in [2.45, 2.75) is 38.8 Å². The Morgan fingerprint density at radius 1 is 1.29 bits per heavy atom. The van der Waals surface area contributed by atoms with Gasteiger partial charge in [0.2, 0.25) is 5.91 Å². The quantitative estimate of drug-likeness (QED) is 0.776. The van der Waals surface area contributed by atoms with E-state index in [1.165, 1.54) is 0 Å². The molecule has 0 radical (unpaired) electrons. The number of nitrogens with zero attached hydrogens (tertiary/aromatic N) is 1. The first kappa shape index (κ1) is 18.9. The lowest BCUT2D eigenvalue weighted by atomic mass is 10.2. The molecule has 0 rings (SSSR count). The van der Waals surface area contributed by atoms with E-state index in [1.807, 2.05) is 6.92 Å². The summed E-state index contributed by atoms with van der Waals surface area (Å²) >= 11 is 0. The zero-order chi connectivity index (χ0) is 12.6. The third kappa shape index (κ3) is 10.4. The predicted molar refractivity (Wildman–Crippen MR) is 63.1 cm³/mol. The first-order valence-electron chi connectivity index (χ1n) is 5.45. The number of nitrogens with two attached hydrogens (primary N) is 1. The molecular weight excluding hydrogens is 257 g/mol. The van der Waals surface area contributed by atoms with Gasteiger partial charge in [-0.05, 0) is 19.4 Å². The number of amides is 1. The fraction of sp³-hybridized carbons (Fsp3) is 0.900. The summed E-state index contributed by atoms with van der Waals surface area (Å²) in [5.41, 5.74) is 5.21. The number of hydrogen-bond acceptors (Lipinski definition) is 2. The Kier molecular flexibility index (Phi) is 10.6. The van der Waals surface area contributed by atoms with Gasteiger partial charge in [-0.25, -0.2) is 0 Å². The van der Waals surface area contributed by atoms with Gasteiger partial charge in [-0.1, -0.05) is 13.3 Å². The molecule has 0 aromatic carbocycles. The van der Waals surface area contributed by atoms with E-state index in [4.69, 9.17) is 5.73 Å². The second-order valence-electron chi connectivity index (χ2n) is 3.68. The maximum absolute atomic E-state index is 12.2. The van der Waals surface area contributed by atoms with Crippen molar-refractivity contribution in [3.8, 4) is 0 Å². The van der Waals surface area contributed by atoms with Crippen molar-refractivity contribution >= 4 is 18.3 Å². The molecule has 0 aliphatic carbocycles. The SMILES string of the molecule is CCCCN(CC(F)(F)F)C(=O)CCCN.Cl. The summed E-state index contributed by atoms with van der Waals surface area (Å²) < 4.78 is 36.6. The van der Waals surface area contributed by atoms with Gasteiger partial charge in [-0.2, -0.15) is 13.2 Å². The van der Waals surface area contributed by atoms with E-state index in [0.29, 0.717) is 19.4 Å². The van der Waals surface area contributed by atoms with Crippen LogP contribution in [0.3, 0.4) is 0 Å². The second-order valence-corrected chi connectivity index (χ2v) is 3.68. The van der Waals surface area contributed by atoms with Crippen molar-refractivity contribution in [3.05, 3.63) is 0 Å². The molecule has 0 heterocycles. The molecule has 104 valence electrons. The molecule has 0 saturated heterocycles. The second kappa shape index (κ2) is 9.53. The van der Waals surface area contributed by atoms with E-state index in [9.17, 15) is 18.0 Å². The number of rotatable bonds is 7. The summed E-state index contributed by atoms with van der Waals surface area (Å²) in [7, 11) is 0. The van der Waals surface area contributed by atoms with Crippen LogP contribution in [0.2, 0.25) is 0 Å². The maximum atomic E-state index is 12.2. The van der Waals surface area contributed by atoms with Crippen LogP contribution in [-0.4, -0.2) is 36.6 Å². The van der Waals surface area contributed by atoms with Gasteiger partial charge in [0.1, 0.15) is 6.54 Å². The van der Waals surface area contributed by atoms with E-state index in [0.717, 1.165) is 11.3 Å². The molecule has 0 aliphatic rings. The minimum Gasteiger partial charge on any atom is -0.334 e. The van der Waals surface area contributed by atoms with E-state index in [1.54, 1.807) is 0 Å². The molecule has 0 bridgehead atoms. The first-order valence-corrected chi connectivity index (χ1v) is 5.45. The van der Waals surface area contributed by atoms with Gasteiger partial charge in [0.25, 0.3) is 0 Å². The van der Waals surface area contributed by atoms with Gasteiger partial charge >= 0.3 is 6.18 Å². The zero-order valence-corrected chi connectivity index (χ0v) is 10.7. The highest BCUT2D eigenvalue weighted by atomic mass is 35.5. The maximum Gasteiger partial charge on any atom is 0.406 e. The van der Waals surface area contributed by atoms with Crippen LogP contribution < -0.4 is 5.73 Å². The number of unbranched alkanes of at least 4 members (excludes halogenated alkanes) is 1. The van der Waals surface area contributed by atoms with Crippen molar-refractivity contribution in [3.63, 3.8) is 0 Å². The third-order valence-corrected chi connectivity index (χ3v) is 2.10. The Morgan fingerprint density at radius 3 is 2.29 bits per heavy atom. The molecule has 0 aliphatic heterocycles. The van der Waals surface area contributed by atoms with Crippen LogP contribution in [0.1, 0.15) is 32.6 Å². The van der Waals surface area contributed by atoms with Crippen molar-refractivity contribution in [2.24, 2.45) is 5.73 Å². The lowest BCUT2D eigenvalue weighted by molar-refractivity contribution is -0.161. The van der Waals surface area contributed by atoms with Gasteiger partial charge in [-0.15, -0.1) is 12.4 Å². The van der Waals surface area contributed by atoms with E-state index >= 15 is 0 Å². The number of alkyl halides is 3. The van der Waals surface area contributed by atoms with Crippen molar-refractivity contribution in [2.75, 3.05) is 19.6 Å². The fourth-order valence-corrected chi connectivity index (χ4v) is 1.27. The van der Waals surface area contributed by atoms with Crippen LogP contribution in [0.15, 0.2) is 0 Å². The van der Waals surface area contributed by atoms with Gasteiger partial charge in [0, 0.05) is 13.0 Å². The van der Waals surface area contributed by atoms with E-state index in [2.05, 4.69) is 0 Å². The van der Waals surface area contributed by atoms with E-state index in [-0.39, 0.29) is 25.4 Å². The summed E-state index contributed by atoms with van der Waals surface area (Å²) in [5.74, 6) is -0.462. The third-order valence-electron chi connectivity index (χ3n) is 2.10. The largest absolute Gasteiger partial charge is 0.406 e. The van der Waals surface area contributed by atoms with Gasteiger partial charge in [0.05, 0.1) is 0 Å². The van der Waals surface area contributed by atoms with Crippen LogP contribution >= 0.6 is 12.4 Å². The predicted octanol–water partition coefficient (Wildman–Crippen LogP) is 2.34. The lowest BCUT2D eigenvalue weighted by Gasteiger charge is -2.23. The molecule has 7 heteroatoms. The minimum atomic E-state index is -4.33. The average molecular weight is 277 g/mol. The van der Waals surface area contributed by atoms with Crippen LogP contribution in [0.4, 0.5) is 13.2 Å². The van der Waals surface area contributed by atoms with Gasteiger partial charge in [-0.3, -0.25) is 4.79 Å². The van der Waals surface area contributed by atoms with Gasteiger partial charge < -0.3 is 10.6 Å². The highest BCUT2D eigenvalue weighted by molar-refractivity contribution is 5.85. The monoisotopic (exact) mass is 276 g/mol. The fourth-order valence-electron chi connectivity index (χ4n) is 1.27. The molecule has 2 N–H and O–H groups in total. The first-order chi connectivity index (χ1) is 7.40.